The molecule has 6 rings (SSSR count). The Bertz CT molecular complexity index is 1220. The molecule has 9 heteroatoms. The number of hydrogen-bond acceptors (Lipinski definition) is 6. The molecule has 0 radical (unpaired) electrons. The Kier molecular flexibility index (Phi) is 5.03. The van der Waals surface area contributed by atoms with Crippen molar-refractivity contribution in [2.45, 2.75) is 25.7 Å². The van der Waals surface area contributed by atoms with Crippen LogP contribution in [-0.2, 0) is 12.8 Å². The number of nitro benzene ring substituents is 1. The van der Waals surface area contributed by atoms with Gasteiger partial charge in [-0.3, -0.25) is 19.8 Å². The average Bonchev–Trinajstić information content (AvgIpc) is 3.37. The van der Waals surface area contributed by atoms with E-state index in [0.29, 0.717) is 5.69 Å². The number of fused-ring (bicyclic) bond motifs is 3. The Hall–Kier alpha value is -3.04. The zero-order chi connectivity index (χ0) is 22.5. The van der Waals surface area contributed by atoms with Crippen molar-refractivity contribution in [2.24, 2.45) is 5.92 Å². The fourth-order valence-electron chi connectivity index (χ4n) is 4.97. The lowest BCUT2D eigenvalue weighted by Gasteiger charge is -2.34. The summed E-state index contributed by atoms with van der Waals surface area (Å²) in [7, 11) is 0. The minimum atomic E-state index is -0.406. The summed E-state index contributed by atoms with van der Waals surface area (Å²) in [5.74, 6) is 0.855. The summed E-state index contributed by atoms with van der Waals surface area (Å²) in [6, 6.07) is 8.48. The molecule has 3 aliphatic rings. The van der Waals surface area contributed by atoms with Crippen LogP contribution in [0.15, 0.2) is 35.7 Å². The Morgan fingerprint density at radius 1 is 1.09 bits per heavy atom. The Morgan fingerprint density at radius 3 is 2.55 bits per heavy atom. The van der Waals surface area contributed by atoms with Gasteiger partial charge in [-0.2, -0.15) is 5.10 Å². The monoisotopic (exact) mass is 463 g/mol. The Morgan fingerprint density at radius 2 is 1.85 bits per heavy atom. The second-order valence-electron chi connectivity index (χ2n) is 9.15. The molecule has 3 aromatic rings. The van der Waals surface area contributed by atoms with Gasteiger partial charge in [0.15, 0.2) is 5.69 Å². The number of carbonyl (C=O) groups is 1. The summed E-state index contributed by atoms with van der Waals surface area (Å²) >= 11 is 1.72. The highest BCUT2D eigenvalue weighted by Crippen LogP contribution is 2.40. The van der Waals surface area contributed by atoms with Gasteiger partial charge in [-0.1, -0.05) is 0 Å². The van der Waals surface area contributed by atoms with Crippen molar-refractivity contribution < 1.29 is 9.72 Å². The zero-order valence-electron chi connectivity index (χ0n) is 18.3. The van der Waals surface area contributed by atoms with Gasteiger partial charge >= 0.3 is 0 Å². The van der Waals surface area contributed by atoms with E-state index in [1.54, 1.807) is 28.2 Å². The Balaban J connectivity index is 1.34. The molecule has 1 saturated carbocycles. The van der Waals surface area contributed by atoms with Crippen LogP contribution in [0.3, 0.4) is 0 Å². The molecule has 2 fully saturated rings. The van der Waals surface area contributed by atoms with Crippen molar-refractivity contribution >= 4 is 22.9 Å². The number of non-ortho nitro benzene ring substituents is 1. The van der Waals surface area contributed by atoms with Gasteiger partial charge in [0.25, 0.3) is 11.6 Å². The number of thiophene rings is 1. The highest BCUT2D eigenvalue weighted by atomic mass is 32.1. The molecule has 1 amide bonds. The number of piperazine rings is 1. The van der Waals surface area contributed by atoms with E-state index in [-0.39, 0.29) is 11.6 Å². The van der Waals surface area contributed by atoms with Crippen LogP contribution >= 0.6 is 11.3 Å². The molecule has 0 bridgehead atoms. The van der Waals surface area contributed by atoms with Crippen molar-refractivity contribution in [3.8, 4) is 16.9 Å². The van der Waals surface area contributed by atoms with Gasteiger partial charge in [0.05, 0.1) is 16.3 Å². The summed E-state index contributed by atoms with van der Waals surface area (Å²) in [6.07, 6.45) is 4.37. The van der Waals surface area contributed by atoms with Gasteiger partial charge in [0.2, 0.25) is 0 Å². The molecule has 0 atom stereocenters. The third kappa shape index (κ3) is 3.75. The maximum atomic E-state index is 13.6. The predicted octanol–water partition coefficient (Wildman–Crippen LogP) is 3.78. The molecule has 0 unspecified atom stereocenters. The maximum Gasteiger partial charge on any atom is 0.274 e. The SMILES string of the molecule is O=C(c1nn(-c2ccc([N+](=O)[O-])cc2)c2c1CCc1sccc1-2)N1CCN(CC2CC2)CC1. The number of amides is 1. The van der Waals surface area contributed by atoms with Crippen molar-refractivity contribution in [2.75, 3.05) is 32.7 Å². The van der Waals surface area contributed by atoms with Crippen LogP contribution in [0.5, 0.6) is 0 Å². The van der Waals surface area contributed by atoms with Gasteiger partial charge in [-0.05, 0) is 55.2 Å². The predicted molar refractivity (Wildman–Crippen MR) is 126 cm³/mol. The summed E-state index contributed by atoms with van der Waals surface area (Å²) < 4.78 is 1.81. The third-order valence-corrected chi connectivity index (χ3v) is 7.95. The normalized spacial score (nSPS) is 18.1. The number of carbonyl (C=O) groups excluding carboxylic acids is 1. The highest BCUT2D eigenvalue weighted by Gasteiger charge is 2.33. The van der Waals surface area contributed by atoms with Gasteiger partial charge in [0.1, 0.15) is 0 Å². The topological polar surface area (TPSA) is 84.5 Å². The molecule has 170 valence electrons. The quantitative estimate of drug-likeness (QED) is 0.425. The lowest BCUT2D eigenvalue weighted by molar-refractivity contribution is -0.384. The largest absolute Gasteiger partial charge is 0.335 e. The summed E-state index contributed by atoms with van der Waals surface area (Å²) in [6.45, 7) is 4.46. The zero-order valence-corrected chi connectivity index (χ0v) is 19.1. The first-order chi connectivity index (χ1) is 16.1. The lowest BCUT2D eigenvalue weighted by atomic mass is 9.94. The first-order valence-corrected chi connectivity index (χ1v) is 12.4. The lowest BCUT2D eigenvalue weighted by Crippen LogP contribution is -2.49. The molecule has 1 aliphatic heterocycles. The van der Waals surface area contributed by atoms with Crippen LogP contribution < -0.4 is 0 Å². The number of aromatic nitrogens is 2. The van der Waals surface area contributed by atoms with E-state index in [1.165, 1.54) is 29.9 Å². The van der Waals surface area contributed by atoms with Gasteiger partial charge in [-0.25, -0.2) is 4.68 Å². The van der Waals surface area contributed by atoms with Crippen LogP contribution in [0.1, 0.15) is 33.8 Å². The van der Waals surface area contributed by atoms with Gasteiger partial charge in [-0.15, -0.1) is 11.3 Å². The number of rotatable bonds is 5. The van der Waals surface area contributed by atoms with Crippen LogP contribution in [0.25, 0.3) is 16.9 Å². The van der Waals surface area contributed by atoms with Gasteiger partial charge < -0.3 is 4.90 Å². The number of benzene rings is 1. The number of nitro groups is 1. The molecular formula is C24H25N5O3S. The molecule has 2 aromatic heterocycles. The van der Waals surface area contributed by atoms with E-state index in [0.717, 1.165) is 74.0 Å². The second kappa shape index (κ2) is 8.07. The summed E-state index contributed by atoms with van der Waals surface area (Å²) in [5.41, 5.74) is 4.34. The fraction of sp³-hybridized carbons (Fsp3) is 0.417. The van der Waals surface area contributed by atoms with E-state index < -0.39 is 4.92 Å². The first kappa shape index (κ1) is 20.6. The Labute approximate surface area is 195 Å². The molecule has 0 N–H and O–H groups in total. The first-order valence-electron chi connectivity index (χ1n) is 11.5. The fourth-order valence-corrected chi connectivity index (χ4v) is 5.85. The van der Waals surface area contributed by atoms with Crippen LogP contribution in [0.2, 0.25) is 0 Å². The maximum absolute atomic E-state index is 13.6. The standard InChI is InChI=1S/C24H25N5O3S/c30-24(27-12-10-26(11-13-27)15-16-1-2-16)22-20-7-8-21-19(9-14-33-21)23(20)28(25-22)17-3-5-18(6-4-17)29(31)32/h3-6,9,14,16H,1-2,7-8,10-13,15H2. The van der Waals surface area contributed by atoms with Crippen molar-refractivity contribution in [1.82, 2.24) is 19.6 Å². The highest BCUT2D eigenvalue weighted by molar-refractivity contribution is 7.10. The van der Waals surface area contributed by atoms with Crippen LogP contribution in [0.4, 0.5) is 5.69 Å². The third-order valence-electron chi connectivity index (χ3n) is 6.97. The van der Waals surface area contributed by atoms with E-state index in [9.17, 15) is 14.9 Å². The van der Waals surface area contributed by atoms with Crippen molar-refractivity contribution in [3.05, 3.63) is 62.0 Å². The summed E-state index contributed by atoms with van der Waals surface area (Å²) in [5, 5.41) is 18.0. The average molecular weight is 464 g/mol. The minimum Gasteiger partial charge on any atom is -0.335 e. The summed E-state index contributed by atoms with van der Waals surface area (Å²) in [4.78, 5) is 30.0. The molecular weight excluding hydrogens is 438 g/mol. The van der Waals surface area contributed by atoms with E-state index in [1.807, 2.05) is 4.90 Å². The number of aryl methyl sites for hydroxylation is 1. The van der Waals surface area contributed by atoms with Crippen molar-refractivity contribution in [1.29, 1.82) is 0 Å². The van der Waals surface area contributed by atoms with E-state index >= 15 is 0 Å². The molecule has 8 nitrogen and oxygen atoms in total. The van der Waals surface area contributed by atoms with Crippen LogP contribution in [0, 0.1) is 16.0 Å². The van der Waals surface area contributed by atoms with E-state index in [2.05, 4.69) is 16.3 Å². The number of nitrogens with zero attached hydrogens (tertiary/aromatic N) is 5. The second-order valence-corrected chi connectivity index (χ2v) is 10.2. The van der Waals surface area contributed by atoms with Crippen LogP contribution in [-0.4, -0.2) is 63.1 Å². The molecule has 2 aliphatic carbocycles. The smallest absolute Gasteiger partial charge is 0.274 e. The molecule has 3 heterocycles. The molecule has 1 saturated heterocycles. The van der Waals surface area contributed by atoms with E-state index in [4.69, 9.17) is 5.10 Å². The molecule has 0 spiro atoms. The van der Waals surface area contributed by atoms with Gasteiger partial charge in [0, 0.05) is 60.9 Å². The molecule has 1 aromatic carbocycles. The minimum absolute atomic E-state index is 0.00309. The number of hydrogen-bond donors (Lipinski definition) is 0. The van der Waals surface area contributed by atoms with Crippen molar-refractivity contribution in [3.63, 3.8) is 0 Å². The molecule has 33 heavy (non-hydrogen) atoms.